The molecule has 0 unspecified atom stereocenters. The fourth-order valence-corrected chi connectivity index (χ4v) is 2.74. The second-order valence-electron chi connectivity index (χ2n) is 6.10. The Morgan fingerprint density at radius 1 is 1.20 bits per heavy atom. The molecular weight excluding hydrogens is 320 g/mol. The number of allylic oxidation sites excluding steroid dienone is 1. The zero-order valence-corrected chi connectivity index (χ0v) is 14.5. The predicted octanol–water partition coefficient (Wildman–Crippen LogP) is 2.02. The minimum Gasteiger partial charge on any atom is -0.459 e. The van der Waals surface area contributed by atoms with Crippen molar-refractivity contribution < 1.29 is 19.1 Å². The minimum atomic E-state index is -0.734. The van der Waals surface area contributed by atoms with Gasteiger partial charge in [-0.05, 0) is 25.3 Å². The molecule has 2 N–H and O–H groups in total. The van der Waals surface area contributed by atoms with Gasteiger partial charge in [0.15, 0.2) is 0 Å². The zero-order valence-electron chi connectivity index (χ0n) is 14.5. The van der Waals surface area contributed by atoms with Gasteiger partial charge in [-0.3, -0.25) is 9.59 Å². The third-order valence-corrected chi connectivity index (χ3v) is 3.99. The first-order valence-corrected chi connectivity index (χ1v) is 8.44. The highest BCUT2D eigenvalue weighted by molar-refractivity contribution is 5.83. The second kappa shape index (κ2) is 9.01. The molecule has 0 aliphatic carbocycles. The number of cyclic esters (lactones) is 1. The molecule has 1 heterocycles. The van der Waals surface area contributed by atoms with Gasteiger partial charge >= 0.3 is 5.97 Å². The molecular formula is C19H24N2O4. The van der Waals surface area contributed by atoms with Crippen molar-refractivity contribution in [1.29, 1.82) is 0 Å². The summed E-state index contributed by atoms with van der Waals surface area (Å²) in [5, 5.41) is 5.55. The number of ether oxygens (including phenoxy) is 1. The lowest BCUT2D eigenvalue weighted by molar-refractivity contribution is -0.154. The van der Waals surface area contributed by atoms with Gasteiger partial charge in [0.25, 0.3) is 0 Å². The van der Waals surface area contributed by atoms with Crippen molar-refractivity contribution in [1.82, 2.24) is 10.6 Å². The summed E-state index contributed by atoms with van der Waals surface area (Å²) in [6, 6.07) is 8.21. The van der Waals surface area contributed by atoms with Crippen molar-refractivity contribution in [2.75, 3.05) is 0 Å². The van der Waals surface area contributed by atoms with Crippen molar-refractivity contribution in [2.24, 2.45) is 0 Å². The highest BCUT2D eigenvalue weighted by Gasteiger charge is 2.28. The molecule has 0 bridgehead atoms. The standard InChI is InChI=1S/C19H24N2O4/c1-13-18(15-9-5-3-6-10-15)21-17(23)12-8-4-7-11-16(19(24)25-13)20-14(2)22/h3-7,9-10,13,16,18H,8,11-12H2,1-2H3,(H,20,22)(H,21,23)/b7-4-/t13-,16-,18+/m1/s1. The lowest BCUT2D eigenvalue weighted by atomic mass is 10.0. The Bertz CT molecular complexity index is 642. The molecule has 2 amide bonds. The first-order valence-electron chi connectivity index (χ1n) is 8.44. The molecule has 1 aromatic rings. The summed E-state index contributed by atoms with van der Waals surface area (Å²) in [5.41, 5.74) is 0.861. The monoisotopic (exact) mass is 344 g/mol. The molecule has 1 aromatic carbocycles. The maximum Gasteiger partial charge on any atom is 0.329 e. The van der Waals surface area contributed by atoms with E-state index < -0.39 is 24.2 Å². The number of benzene rings is 1. The van der Waals surface area contributed by atoms with Crippen LogP contribution in [0.4, 0.5) is 0 Å². The van der Waals surface area contributed by atoms with Gasteiger partial charge in [-0.1, -0.05) is 42.5 Å². The lowest BCUT2D eigenvalue weighted by Crippen LogP contribution is -2.44. The SMILES string of the molecule is CC(=O)N[C@@H]1C/C=C\CCC(=O)N[C@H](c2ccccc2)[C@@H](C)OC1=O. The molecule has 0 spiro atoms. The normalized spacial score (nSPS) is 26.4. The Labute approximate surface area is 147 Å². The van der Waals surface area contributed by atoms with Crippen LogP contribution in [0, 0.1) is 0 Å². The Morgan fingerprint density at radius 3 is 2.60 bits per heavy atom. The van der Waals surface area contributed by atoms with Crippen LogP contribution in [0.25, 0.3) is 0 Å². The van der Waals surface area contributed by atoms with Crippen LogP contribution in [-0.2, 0) is 19.1 Å². The van der Waals surface area contributed by atoms with E-state index in [1.165, 1.54) is 6.92 Å². The van der Waals surface area contributed by atoms with Crippen molar-refractivity contribution in [3.05, 3.63) is 48.0 Å². The number of amides is 2. The van der Waals surface area contributed by atoms with E-state index in [-0.39, 0.29) is 11.8 Å². The molecule has 1 aliphatic rings. The van der Waals surface area contributed by atoms with Crippen LogP contribution >= 0.6 is 0 Å². The van der Waals surface area contributed by atoms with Gasteiger partial charge in [0.2, 0.25) is 11.8 Å². The lowest BCUT2D eigenvalue weighted by Gasteiger charge is -2.27. The van der Waals surface area contributed by atoms with Gasteiger partial charge in [0, 0.05) is 13.3 Å². The summed E-state index contributed by atoms with van der Waals surface area (Å²) in [7, 11) is 0. The van der Waals surface area contributed by atoms with Gasteiger partial charge in [-0.2, -0.15) is 0 Å². The number of hydrogen-bond acceptors (Lipinski definition) is 4. The van der Waals surface area contributed by atoms with Crippen LogP contribution in [0.2, 0.25) is 0 Å². The van der Waals surface area contributed by atoms with Gasteiger partial charge in [-0.15, -0.1) is 0 Å². The molecule has 6 heteroatoms. The molecule has 134 valence electrons. The minimum absolute atomic E-state index is 0.0969. The Morgan fingerprint density at radius 2 is 1.92 bits per heavy atom. The molecule has 3 atom stereocenters. The topological polar surface area (TPSA) is 84.5 Å². The molecule has 0 fully saturated rings. The van der Waals surface area contributed by atoms with E-state index in [4.69, 9.17) is 4.74 Å². The molecule has 0 saturated carbocycles. The maximum absolute atomic E-state index is 12.5. The van der Waals surface area contributed by atoms with Gasteiger partial charge < -0.3 is 15.4 Å². The second-order valence-corrected chi connectivity index (χ2v) is 6.10. The summed E-state index contributed by atoms with van der Waals surface area (Å²) >= 11 is 0. The summed E-state index contributed by atoms with van der Waals surface area (Å²) in [6.45, 7) is 3.10. The largest absolute Gasteiger partial charge is 0.459 e. The number of carbonyl (C=O) groups is 3. The van der Waals surface area contributed by atoms with E-state index in [2.05, 4.69) is 10.6 Å². The highest BCUT2D eigenvalue weighted by Crippen LogP contribution is 2.21. The van der Waals surface area contributed by atoms with Crippen LogP contribution in [0.15, 0.2) is 42.5 Å². The van der Waals surface area contributed by atoms with Crippen molar-refractivity contribution in [2.45, 2.75) is 51.3 Å². The van der Waals surface area contributed by atoms with E-state index in [1.54, 1.807) is 13.0 Å². The quantitative estimate of drug-likeness (QED) is 0.635. The fraction of sp³-hybridized carbons (Fsp3) is 0.421. The van der Waals surface area contributed by atoms with E-state index in [0.29, 0.717) is 19.3 Å². The third-order valence-electron chi connectivity index (χ3n) is 3.99. The van der Waals surface area contributed by atoms with Gasteiger partial charge in [0.05, 0.1) is 6.04 Å². The average molecular weight is 344 g/mol. The number of carbonyl (C=O) groups excluding carboxylic acids is 3. The van der Waals surface area contributed by atoms with Crippen molar-refractivity contribution in [3.63, 3.8) is 0 Å². The molecule has 1 aliphatic heterocycles. The molecule has 0 saturated heterocycles. The smallest absolute Gasteiger partial charge is 0.329 e. The predicted molar refractivity (Wildman–Crippen MR) is 93.5 cm³/mol. The van der Waals surface area contributed by atoms with Crippen molar-refractivity contribution in [3.8, 4) is 0 Å². The molecule has 0 aromatic heterocycles. The molecule has 25 heavy (non-hydrogen) atoms. The van der Waals surface area contributed by atoms with Crippen LogP contribution in [0.3, 0.4) is 0 Å². The van der Waals surface area contributed by atoms with E-state index in [9.17, 15) is 14.4 Å². The average Bonchev–Trinajstić information content (AvgIpc) is 2.57. The molecule has 6 nitrogen and oxygen atoms in total. The van der Waals surface area contributed by atoms with E-state index in [1.807, 2.05) is 36.4 Å². The highest BCUT2D eigenvalue weighted by atomic mass is 16.5. The fourth-order valence-electron chi connectivity index (χ4n) is 2.74. The number of nitrogens with one attached hydrogen (secondary N) is 2. The van der Waals surface area contributed by atoms with E-state index in [0.717, 1.165) is 5.56 Å². The molecule has 0 radical (unpaired) electrons. The van der Waals surface area contributed by atoms with Crippen molar-refractivity contribution >= 4 is 17.8 Å². The van der Waals surface area contributed by atoms with Gasteiger partial charge in [0.1, 0.15) is 12.1 Å². The Kier molecular flexibility index (Phi) is 6.74. The summed E-state index contributed by atoms with van der Waals surface area (Å²) in [6.07, 6.45) is 4.32. The van der Waals surface area contributed by atoms with Gasteiger partial charge in [-0.25, -0.2) is 4.79 Å². The third kappa shape index (κ3) is 5.74. The van der Waals surface area contributed by atoms with Crippen LogP contribution in [0.1, 0.15) is 44.7 Å². The summed E-state index contributed by atoms with van der Waals surface area (Å²) in [5.74, 6) is -0.897. The first kappa shape index (κ1) is 18.7. The van der Waals surface area contributed by atoms with Crippen LogP contribution < -0.4 is 10.6 Å². The maximum atomic E-state index is 12.5. The summed E-state index contributed by atoms with van der Waals surface area (Å²) < 4.78 is 5.55. The number of esters is 1. The first-order chi connectivity index (χ1) is 12.0. The van der Waals surface area contributed by atoms with Crippen LogP contribution in [0.5, 0.6) is 0 Å². The number of hydrogen-bond donors (Lipinski definition) is 2. The Hall–Kier alpha value is -2.63. The van der Waals surface area contributed by atoms with E-state index >= 15 is 0 Å². The van der Waals surface area contributed by atoms with Crippen LogP contribution in [-0.4, -0.2) is 29.9 Å². The summed E-state index contributed by atoms with van der Waals surface area (Å²) in [4.78, 5) is 36.0. The zero-order chi connectivity index (χ0) is 18.2. The Balaban J connectivity index is 2.25. The number of rotatable bonds is 2. The molecule has 2 rings (SSSR count).